The van der Waals surface area contributed by atoms with Crippen LogP contribution >= 0.6 is 0 Å². The second-order valence-electron chi connectivity index (χ2n) is 8.08. The van der Waals surface area contributed by atoms with E-state index in [4.69, 9.17) is 4.42 Å². The molecule has 0 aliphatic heterocycles. The minimum absolute atomic E-state index is 0.894. The molecule has 4 nitrogen and oxygen atoms in total. The highest BCUT2D eigenvalue weighted by molar-refractivity contribution is 6.20. The van der Waals surface area contributed by atoms with Gasteiger partial charge in [-0.3, -0.25) is 9.98 Å². The van der Waals surface area contributed by atoms with Crippen LogP contribution in [0.15, 0.2) is 119 Å². The van der Waals surface area contributed by atoms with E-state index in [9.17, 15) is 0 Å². The molecular formula is C30H21N3O. The highest BCUT2D eigenvalue weighted by Crippen LogP contribution is 2.38. The molecule has 0 unspecified atom stereocenters. The van der Waals surface area contributed by atoms with E-state index in [-0.39, 0.29) is 0 Å². The highest BCUT2D eigenvalue weighted by atomic mass is 16.3. The van der Waals surface area contributed by atoms with Crippen molar-refractivity contribution in [2.24, 2.45) is 4.99 Å². The Morgan fingerprint density at radius 2 is 1.79 bits per heavy atom. The number of aromatic nitrogens is 2. The van der Waals surface area contributed by atoms with Crippen LogP contribution in [0.5, 0.6) is 0 Å². The number of hydrogen-bond donors (Lipinski definition) is 0. The number of pyridine rings is 1. The molecule has 0 spiro atoms. The molecule has 0 N–H and O–H groups in total. The molecule has 3 heterocycles. The Bertz CT molecular complexity index is 1720. The van der Waals surface area contributed by atoms with E-state index in [1.807, 2.05) is 30.5 Å². The molecular weight excluding hydrogens is 418 g/mol. The molecule has 0 radical (unpaired) electrons. The molecule has 0 saturated heterocycles. The summed E-state index contributed by atoms with van der Waals surface area (Å²) in [4.78, 5) is 8.11. The highest BCUT2D eigenvalue weighted by Gasteiger charge is 2.16. The summed E-state index contributed by atoms with van der Waals surface area (Å²) < 4.78 is 8.04. The number of aliphatic imine (C=N–C) groups is 1. The number of allylic oxidation sites excluding steroid dienone is 2. The molecule has 0 aliphatic rings. The number of nitrogens with zero attached hydrogens (tertiary/aromatic N) is 3. The average molecular weight is 440 g/mol. The van der Waals surface area contributed by atoms with Crippen molar-refractivity contribution in [2.45, 2.75) is 0 Å². The van der Waals surface area contributed by atoms with Crippen LogP contribution in [0.25, 0.3) is 55.7 Å². The van der Waals surface area contributed by atoms with Gasteiger partial charge in [0.05, 0.1) is 17.3 Å². The third-order valence-electron chi connectivity index (χ3n) is 6.05. The van der Waals surface area contributed by atoms with Gasteiger partial charge >= 0.3 is 0 Å². The van der Waals surface area contributed by atoms with Crippen LogP contribution < -0.4 is 0 Å². The van der Waals surface area contributed by atoms with Gasteiger partial charge in [-0.15, -0.1) is 0 Å². The summed E-state index contributed by atoms with van der Waals surface area (Å²) in [5.41, 5.74) is 7.53. The molecule has 0 amide bonds. The molecule has 3 aromatic carbocycles. The Labute approximate surface area is 196 Å². The van der Waals surface area contributed by atoms with Crippen molar-refractivity contribution in [3.05, 3.63) is 115 Å². The van der Waals surface area contributed by atoms with Gasteiger partial charge in [0.2, 0.25) is 0 Å². The van der Waals surface area contributed by atoms with Crippen LogP contribution in [0.1, 0.15) is 5.56 Å². The third kappa shape index (κ3) is 3.33. The minimum atomic E-state index is 0.894. The molecule has 0 atom stereocenters. The lowest BCUT2D eigenvalue weighted by Gasteiger charge is -2.12. The van der Waals surface area contributed by atoms with E-state index in [0.717, 1.165) is 44.4 Å². The lowest BCUT2D eigenvalue weighted by atomic mass is 10.0. The van der Waals surface area contributed by atoms with Crippen molar-refractivity contribution in [1.82, 2.24) is 9.55 Å². The molecule has 6 rings (SSSR count). The molecule has 0 fully saturated rings. The normalized spacial score (nSPS) is 12.0. The maximum Gasteiger partial charge on any atom is 0.134 e. The summed E-state index contributed by atoms with van der Waals surface area (Å²) in [6, 6.07) is 25.4. The van der Waals surface area contributed by atoms with Gasteiger partial charge in [-0.25, -0.2) is 0 Å². The van der Waals surface area contributed by atoms with Crippen LogP contribution in [-0.4, -0.2) is 16.3 Å². The molecule has 4 heteroatoms. The van der Waals surface area contributed by atoms with Gasteiger partial charge in [0, 0.05) is 46.0 Å². The second kappa shape index (κ2) is 8.34. The van der Waals surface area contributed by atoms with E-state index in [1.165, 1.54) is 10.8 Å². The second-order valence-corrected chi connectivity index (χ2v) is 8.08. The molecule has 0 saturated carbocycles. The first kappa shape index (κ1) is 19.9. The maximum absolute atomic E-state index is 5.71. The zero-order valence-electron chi connectivity index (χ0n) is 18.4. The molecule has 3 aromatic heterocycles. The SMILES string of the molecule is C=N/C=C\C=C\c1cc(-c2cccnc2)cc(-n2c3ccccc3c3c4ccoc4ccc32)c1. The van der Waals surface area contributed by atoms with E-state index in [2.05, 4.69) is 88.0 Å². The van der Waals surface area contributed by atoms with Gasteiger partial charge in [-0.05, 0) is 72.5 Å². The van der Waals surface area contributed by atoms with Gasteiger partial charge in [-0.1, -0.05) is 36.4 Å². The number of benzene rings is 3. The van der Waals surface area contributed by atoms with E-state index < -0.39 is 0 Å². The van der Waals surface area contributed by atoms with Crippen molar-refractivity contribution >= 4 is 45.6 Å². The lowest BCUT2D eigenvalue weighted by molar-refractivity contribution is 0.616. The quantitative estimate of drug-likeness (QED) is 0.203. The monoisotopic (exact) mass is 439 g/mol. The van der Waals surface area contributed by atoms with E-state index in [0.29, 0.717) is 0 Å². The van der Waals surface area contributed by atoms with Gasteiger partial charge in [0.1, 0.15) is 5.58 Å². The molecule has 0 aliphatic carbocycles. The number of fused-ring (bicyclic) bond motifs is 5. The van der Waals surface area contributed by atoms with Gasteiger partial charge in [-0.2, -0.15) is 0 Å². The first-order valence-electron chi connectivity index (χ1n) is 11.1. The molecule has 0 bridgehead atoms. The molecule has 34 heavy (non-hydrogen) atoms. The Hall–Kier alpha value is -4.70. The third-order valence-corrected chi connectivity index (χ3v) is 6.05. The predicted molar refractivity (Wildman–Crippen MR) is 142 cm³/mol. The Morgan fingerprint density at radius 1 is 0.853 bits per heavy atom. The fourth-order valence-corrected chi connectivity index (χ4v) is 4.63. The van der Waals surface area contributed by atoms with Crippen LogP contribution in [0, 0.1) is 0 Å². The largest absolute Gasteiger partial charge is 0.464 e. The number of para-hydroxylation sites is 1. The Kier molecular flexibility index (Phi) is 4.89. The first-order valence-corrected chi connectivity index (χ1v) is 11.1. The zero-order chi connectivity index (χ0) is 22.9. The summed E-state index contributed by atoms with van der Waals surface area (Å²) in [6.07, 6.45) is 13.0. The van der Waals surface area contributed by atoms with E-state index in [1.54, 1.807) is 18.7 Å². The van der Waals surface area contributed by atoms with Crippen LogP contribution in [0.4, 0.5) is 0 Å². The van der Waals surface area contributed by atoms with Crippen molar-refractivity contribution in [1.29, 1.82) is 0 Å². The summed E-state index contributed by atoms with van der Waals surface area (Å²) in [5.74, 6) is 0. The van der Waals surface area contributed by atoms with Crippen molar-refractivity contribution in [2.75, 3.05) is 0 Å². The number of furan rings is 1. The first-order chi connectivity index (χ1) is 16.8. The van der Waals surface area contributed by atoms with E-state index >= 15 is 0 Å². The summed E-state index contributed by atoms with van der Waals surface area (Å²) in [7, 11) is 0. The summed E-state index contributed by atoms with van der Waals surface area (Å²) >= 11 is 0. The fraction of sp³-hybridized carbons (Fsp3) is 0. The predicted octanol–water partition coefficient (Wildman–Crippen LogP) is 7.82. The van der Waals surface area contributed by atoms with Crippen molar-refractivity contribution in [3.63, 3.8) is 0 Å². The smallest absolute Gasteiger partial charge is 0.134 e. The maximum atomic E-state index is 5.71. The average Bonchev–Trinajstić information content (AvgIpc) is 3.49. The standard InChI is InChI=1S/C30H21N3O/c1-31-14-5-4-7-21-17-23(22-8-6-15-32-20-22)19-24(18-21)33-27-10-3-2-9-25(27)30-26-13-16-34-29(26)12-11-28(30)33/h2-20H,1H2/b7-4+,14-5-. The van der Waals surface area contributed by atoms with Gasteiger partial charge in [0.25, 0.3) is 0 Å². The van der Waals surface area contributed by atoms with Crippen LogP contribution in [-0.2, 0) is 0 Å². The van der Waals surface area contributed by atoms with Gasteiger partial charge in [0.15, 0.2) is 0 Å². The topological polar surface area (TPSA) is 43.3 Å². The fourth-order valence-electron chi connectivity index (χ4n) is 4.63. The Balaban J connectivity index is 1.66. The molecule has 162 valence electrons. The van der Waals surface area contributed by atoms with Crippen molar-refractivity contribution < 1.29 is 4.42 Å². The lowest BCUT2D eigenvalue weighted by Crippen LogP contribution is -1.96. The Morgan fingerprint density at radius 3 is 2.68 bits per heavy atom. The van der Waals surface area contributed by atoms with Crippen LogP contribution in [0.2, 0.25) is 0 Å². The summed E-state index contributed by atoms with van der Waals surface area (Å²) in [6.45, 7) is 3.49. The number of rotatable bonds is 5. The van der Waals surface area contributed by atoms with Crippen molar-refractivity contribution in [3.8, 4) is 16.8 Å². The molecule has 6 aromatic rings. The summed E-state index contributed by atoms with van der Waals surface area (Å²) in [5, 5.41) is 3.53. The van der Waals surface area contributed by atoms with Gasteiger partial charge < -0.3 is 8.98 Å². The zero-order valence-corrected chi connectivity index (χ0v) is 18.4. The number of hydrogen-bond acceptors (Lipinski definition) is 3. The van der Waals surface area contributed by atoms with Crippen LogP contribution in [0.3, 0.4) is 0 Å². The minimum Gasteiger partial charge on any atom is -0.464 e.